The first-order chi connectivity index (χ1) is 21.1. The molecule has 7 heteroatoms. The summed E-state index contributed by atoms with van der Waals surface area (Å²) in [6.45, 7) is 24.6. The van der Waals surface area contributed by atoms with Crippen LogP contribution in [-0.4, -0.2) is 55.7 Å². The normalized spacial score (nSPS) is 24.3. The van der Waals surface area contributed by atoms with Crippen molar-refractivity contribution in [2.45, 2.75) is 206 Å². The molecule has 1 saturated carbocycles. The van der Waals surface area contributed by atoms with Gasteiger partial charge >= 0.3 is 0 Å². The van der Waals surface area contributed by atoms with Crippen LogP contribution in [0.3, 0.4) is 0 Å². The third-order valence-corrected chi connectivity index (χ3v) is 10.9. The summed E-state index contributed by atoms with van der Waals surface area (Å²) in [6, 6.07) is 0.889. The third-order valence-electron chi connectivity index (χ3n) is 10.9. The lowest BCUT2D eigenvalue weighted by Gasteiger charge is -2.49. The van der Waals surface area contributed by atoms with Crippen LogP contribution in [0.25, 0.3) is 0 Å². The van der Waals surface area contributed by atoms with Gasteiger partial charge in [-0.25, -0.2) is 0 Å². The van der Waals surface area contributed by atoms with E-state index < -0.39 is 0 Å². The molecule has 1 unspecified atom stereocenters. The molecule has 0 bridgehead atoms. The Balaban J connectivity index is 1.41. The van der Waals surface area contributed by atoms with Gasteiger partial charge in [-0.2, -0.15) is 15.0 Å². The predicted molar refractivity (Wildman–Crippen MR) is 192 cm³/mol. The Morgan fingerprint density at radius 2 is 1.31 bits per heavy atom. The molecule has 3 heterocycles. The summed E-state index contributed by atoms with van der Waals surface area (Å²) in [5.41, 5.74) is 0.613. The molecule has 3 N–H and O–H groups in total. The van der Waals surface area contributed by atoms with E-state index in [-0.39, 0.29) is 22.2 Å². The number of piperidine rings is 2. The summed E-state index contributed by atoms with van der Waals surface area (Å²) in [5, 5.41) is 11.5. The second-order valence-corrected chi connectivity index (χ2v) is 17.8. The summed E-state index contributed by atoms with van der Waals surface area (Å²) in [6.07, 6.45) is 19.8. The number of aromatic nitrogens is 3. The number of anilines is 2. The number of rotatable bonds is 14. The van der Waals surface area contributed by atoms with E-state index in [0.29, 0.717) is 12.1 Å². The Kier molecular flexibility index (Phi) is 12.3. The zero-order valence-electron chi connectivity index (χ0n) is 31.1. The summed E-state index contributed by atoms with van der Waals surface area (Å²) >= 11 is 0. The molecule has 4 rings (SSSR count). The van der Waals surface area contributed by atoms with E-state index in [2.05, 4.69) is 90.1 Å². The quantitative estimate of drug-likeness (QED) is 0.178. The van der Waals surface area contributed by atoms with Crippen LogP contribution in [-0.2, 0) is 6.42 Å². The van der Waals surface area contributed by atoms with Gasteiger partial charge in [-0.05, 0) is 112 Å². The molecule has 2 aliphatic heterocycles. The lowest BCUT2D eigenvalue weighted by molar-refractivity contribution is 0.0865. The minimum Gasteiger partial charge on any atom is -0.351 e. The maximum atomic E-state index is 5.14. The van der Waals surface area contributed by atoms with Crippen LogP contribution < -0.4 is 20.9 Å². The Bertz CT molecular complexity index is 1030. The number of nitrogens with zero attached hydrogens (tertiary/aromatic N) is 4. The third kappa shape index (κ3) is 11.0. The van der Waals surface area contributed by atoms with Crippen LogP contribution in [0, 0.1) is 11.8 Å². The summed E-state index contributed by atoms with van der Waals surface area (Å²) in [5.74, 6) is 4.26. The Morgan fingerprint density at radius 1 is 0.733 bits per heavy atom. The van der Waals surface area contributed by atoms with Gasteiger partial charge in [-0.1, -0.05) is 65.2 Å². The van der Waals surface area contributed by atoms with Gasteiger partial charge < -0.3 is 20.9 Å². The zero-order chi connectivity index (χ0) is 32.9. The minimum atomic E-state index is 0.0708. The van der Waals surface area contributed by atoms with E-state index >= 15 is 0 Å². The van der Waals surface area contributed by atoms with Crippen molar-refractivity contribution in [2.24, 2.45) is 11.8 Å². The molecule has 258 valence electrons. The van der Waals surface area contributed by atoms with E-state index in [1.54, 1.807) is 0 Å². The first-order valence-electron chi connectivity index (χ1n) is 19.0. The molecule has 45 heavy (non-hydrogen) atoms. The molecule has 0 aromatic carbocycles. The van der Waals surface area contributed by atoms with Gasteiger partial charge in [0.1, 0.15) is 5.82 Å². The Labute approximate surface area is 277 Å². The van der Waals surface area contributed by atoms with Gasteiger partial charge in [0.05, 0.1) is 0 Å². The zero-order valence-corrected chi connectivity index (χ0v) is 31.1. The molecule has 1 aromatic rings. The van der Waals surface area contributed by atoms with Crippen molar-refractivity contribution in [1.29, 1.82) is 0 Å². The minimum absolute atomic E-state index is 0.0708. The van der Waals surface area contributed by atoms with E-state index in [9.17, 15) is 0 Å². The highest BCUT2D eigenvalue weighted by Crippen LogP contribution is 2.40. The highest BCUT2D eigenvalue weighted by molar-refractivity contribution is 5.40. The molecule has 0 radical (unpaired) electrons. The molecule has 2 saturated heterocycles. The lowest BCUT2D eigenvalue weighted by Crippen LogP contribution is -2.62. The number of hydrogen-bond acceptors (Lipinski definition) is 7. The summed E-state index contributed by atoms with van der Waals surface area (Å²) in [4.78, 5) is 17.6. The van der Waals surface area contributed by atoms with E-state index in [1.807, 2.05) is 0 Å². The van der Waals surface area contributed by atoms with Crippen LogP contribution in [0.15, 0.2) is 0 Å². The monoisotopic (exact) mass is 626 g/mol. The molecule has 7 nitrogen and oxygen atoms in total. The number of aryl methyl sites for hydroxylation is 1. The van der Waals surface area contributed by atoms with Gasteiger partial charge in [-0.15, -0.1) is 0 Å². The lowest BCUT2D eigenvalue weighted by atomic mass is 9.69. The predicted octanol–water partition coefficient (Wildman–Crippen LogP) is 8.83. The van der Waals surface area contributed by atoms with E-state index in [4.69, 9.17) is 15.0 Å². The highest BCUT2D eigenvalue weighted by Gasteiger charge is 2.41. The Hall–Kier alpha value is -1.47. The van der Waals surface area contributed by atoms with Crippen LogP contribution in [0.5, 0.6) is 0 Å². The smallest absolute Gasteiger partial charge is 0.230 e. The molecule has 0 spiro atoms. The van der Waals surface area contributed by atoms with E-state index in [0.717, 1.165) is 55.4 Å². The Morgan fingerprint density at radius 3 is 1.89 bits per heavy atom. The maximum Gasteiger partial charge on any atom is 0.230 e. The average Bonchev–Trinajstić information content (AvgIpc) is 2.91. The van der Waals surface area contributed by atoms with Gasteiger partial charge in [-0.3, -0.25) is 0 Å². The molecule has 3 aliphatic rings. The van der Waals surface area contributed by atoms with Crippen molar-refractivity contribution in [3.8, 4) is 0 Å². The number of nitrogens with one attached hydrogen (secondary N) is 3. The van der Waals surface area contributed by atoms with Gasteiger partial charge in [0.2, 0.25) is 11.9 Å². The number of unbranched alkanes of at least 4 members (excludes halogenated alkanes) is 3. The first kappa shape index (κ1) is 36.4. The van der Waals surface area contributed by atoms with Crippen LogP contribution in [0.2, 0.25) is 0 Å². The van der Waals surface area contributed by atoms with Crippen LogP contribution in [0.4, 0.5) is 11.9 Å². The molecule has 0 amide bonds. The van der Waals surface area contributed by atoms with Gasteiger partial charge in [0.25, 0.3) is 0 Å². The fourth-order valence-electron chi connectivity index (χ4n) is 9.67. The van der Waals surface area contributed by atoms with Gasteiger partial charge in [0.15, 0.2) is 0 Å². The fraction of sp³-hybridized carbons (Fsp3) is 0.921. The number of hydrogen-bond donors (Lipinski definition) is 3. The van der Waals surface area contributed by atoms with Crippen molar-refractivity contribution in [1.82, 2.24) is 25.6 Å². The first-order valence-corrected chi connectivity index (χ1v) is 19.0. The average molecular weight is 626 g/mol. The van der Waals surface area contributed by atoms with Crippen molar-refractivity contribution >= 4 is 11.9 Å². The second-order valence-electron chi connectivity index (χ2n) is 17.8. The summed E-state index contributed by atoms with van der Waals surface area (Å²) < 4.78 is 0. The molecule has 1 atom stereocenters. The molecule has 1 aliphatic carbocycles. The van der Waals surface area contributed by atoms with Crippen molar-refractivity contribution < 1.29 is 0 Å². The standard InChI is InChI=1S/C38H71N7/c1-11-28(29-24-35(3,4)43-36(5,6)25-29)20-16-13-14-19-23-45(31-26-37(7,8)44-38(9,10)27-31)34-41-32(12-2)40-33(42-34)39-30-21-17-15-18-22-30/h28-31,43-44H,11-27H2,1-10H3,(H,39,40,41,42). The topological polar surface area (TPSA) is 78.0 Å². The van der Waals surface area contributed by atoms with Crippen molar-refractivity contribution in [3.63, 3.8) is 0 Å². The van der Waals surface area contributed by atoms with Crippen molar-refractivity contribution in [2.75, 3.05) is 16.8 Å². The highest BCUT2D eigenvalue weighted by atomic mass is 15.3. The second kappa shape index (κ2) is 15.2. The maximum absolute atomic E-state index is 5.14. The van der Waals surface area contributed by atoms with E-state index in [1.165, 1.54) is 83.5 Å². The fourth-order valence-corrected chi connectivity index (χ4v) is 9.67. The van der Waals surface area contributed by atoms with Crippen LogP contribution >= 0.6 is 0 Å². The SMILES string of the molecule is CCc1nc(NC2CCCCC2)nc(N(CCCCCCC(CC)C2CC(C)(C)NC(C)(C)C2)C2CC(C)(C)NC(C)(C)C2)n1. The molecular weight excluding hydrogens is 554 g/mol. The van der Waals surface area contributed by atoms with Crippen LogP contribution in [0.1, 0.15) is 171 Å². The molecule has 3 fully saturated rings. The van der Waals surface area contributed by atoms with Gasteiger partial charge in [0, 0.05) is 47.2 Å². The molecular formula is C38H71N7. The largest absolute Gasteiger partial charge is 0.351 e. The molecule has 1 aromatic heterocycles. The summed E-state index contributed by atoms with van der Waals surface area (Å²) in [7, 11) is 0. The van der Waals surface area contributed by atoms with Crippen molar-refractivity contribution in [3.05, 3.63) is 5.82 Å².